The van der Waals surface area contributed by atoms with Crippen molar-refractivity contribution < 1.29 is 19.1 Å². The molecule has 0 aliphatic carbocycles. The van der Waals surface area contributed by atoms with Gasteiger partial charge in [0.05, 0.1) is 12.2 Å². The molecule has 0 fully saturated rings. The second-order valence-corrected chi connectivity index (χ2v) is 8.94. The summed E-state index contributed by atoms with van der Waals surface area (Å²) < 4.78 is 5.88. The number of carbonyl (C=O) groups is 3. The Bertz CT molecular complexity index is 1150. The summed E-state index contributed by atoms with van der Waals surface area (Å²) in [7, 11) is 0. The van der Waals surface area contributed by atoms with Gasteiger partial charge in [0.15, 0.2) is 5.17 Å². The van der Waals surface area contributed by atoms with E-state index in [1.165, 1.54) is 18.9 Å². The molecule has 8 nitrogen and oxygen atoms in total. The summed E-state index contributed by atoms with van der Waals surface area (Å²) in [5.41, 5.74) is 3.40. The molecule has 1 N–H and O–H groups in total. The number of hydrogen-bond acceptors (Lipinski definition) is 6. The average molecular weight is 453 g/mol. The Morgan fingerprint density at radius 3 is 2.59 bits per heavy atom. The van der Waals surface area contributed by atoms with Crippen LogP contribution in [0.2, 0.25) is 0 Å². The normalized spacial score (nSPS) is 19.2. The maximum absolute atomic E-state index is 13.9. The molecule has 2 aromatic carbocycles. The lowest BCUT2D eigenvalue weighted by Crippen LogP contribution is -2.49. The number of amides is 3. The van der Waals surface area contributed by atoms with Gasteiger partial charge in [0.25, 0.3) is 5.91 Å². The number of nitrogens with zero attached hydrogens (tertiary/aromatic N) is 3. The zero-order valence-electron chi connectivity index (χ0n) is 18.3. The minimum absolute atomic E-state index is 0.214. The number of hydrazone groups is 1. The van der Waals surface area contributed by atoms with Crippen molar-refractivity contribution in [1.29, 1.82) is 0 Å². The zero-order chi connectivity index (χ0) is 23.0. The van der Waals surface area contributed by atoms with Gasteiger partial charge in [-0.1, -0.05) is 30.3 Å². The summed E-state index contributed by atoms with van der Waals surface area (Å²) in [5, 5.41) is 8.27. The highest BCUT2D eigenvalue weighted by atomic mass is 32.2. The van der Waals surface area contributed by atoms with E-state index in [-0.39, 0.29) is 23.6 Å². The molecule has 0 saturated heterocycles. The van der Waals surface area contributed by atoms with Gasteiger partial charge in [-0.3, -0.25) is 14.4 Å². The first-order valence-electron chi connectivity index (χ1n) is 10.2. The smallest absolute Gasteiger partial charge is 0.270 e. The van der Waals surface area contributed by atoms with Crippen molar-refractivity contribution in [1.82, 2.24) is 10.3 Å². The highest BCUT2D eigenvalue weighted by Gasteiger charge is 2.61. The largest absolute Gasteiger partial charge is 0.492 e. The highest BCUT2D eigenvalue weighted by Crippen LogP contribution is 2.55. The summed E-state index contributed by atoms with van der Waals surface area (Å²) in [5.74, 6) is -0.279. The molecule has 1 atom stereocenters. The molecule has 2 heterocycles. The Morgan fingerprint density at radius 1 is 1.16 bits per heavy atom. The predicted octanol–water partition coefficient (Wildman–Crippen LogP) is 2.88. The molecule has 0 aromatic heterocycles. The van der Waals surface area contributed by atoms with Crippen molar-refractivity contribution in [3.05, 3.63) is 59.2 Å². The number of amidine groups is 1. The van der Waals surface area contributed by atoms with Gasteiger partial charge in [0.2, 0.25) is 16.7 Å². The number of ether oxygens (including phenoxy) is 1. The molecule has 4 rings (SSSR count). The minimum Gasteiger partial charge on any atom is -0.492 e. The number of thioether (sulfide) groups is 1. The number of hydrogen-bond donors (Lipinski definition) is 1. The van der Waals surface area contributed by atoms with Crippen molar-refractivity contribution >= 4 is 40.3 Å². The number of para-hydroxylation sites is 1. The van der Waals surface area contributed by atoms with Crippen molar-refractivity contribution in [3.8, 4) is 5.75 Å². The van der Waals surface area contributed by atoms with Crippen LogP contribution in [-0.4, -0.2) is 41.0 Å². The average Bonchev–Trinajstić information content (AvgIpc) is 3.21. The summed E-state index contributed by atoms with van der Waals surface area (Å²) in [4.78, 5) is 38.2. The topological polar surface area (TPSA) is 91.3 Å². The molecule has 9 heteroatoms. The molecule has 3 amide bonds. The predicted molar refractivity (Wildman–Crippen MR) is 123 cm³/mol. The second-order valence-electron chi connectivity index (χ2n) is 7.76. The maximum atomic E-state index is 13.9. The Kier molecular flexibility index (Phi) is 5.68. The first kappa shape index (κ1) is 21.9. The Labute approximate surface area is 190 Å². The monoisotopic (exact) mass is 452 g/mol. The van der Waals surface area contributed by atoms with Crippen molar-refractivity contribution in [2.24, 2.45) is 5.10 Å². The lowest BCUT2D eigenvalue weighted by Gasteiger charge is -2.29. The van der Waals surface area contributed by atoms with E-state index in [0.717, 1.165) is 34.3 Å². The molecule has 2 aliphatic rings. The molecule has 0 saturated carbocycles. The van der Waals surface area contributed by atoms with Crippen LogP contribution in [0.15, 0.2) is 47.6 Å². The van der Waals surface area contributed by atoms with E-state index in [9.17, 15) is 14.4 Å². The molecular weight excluding hydrogens is 428 g/mol. The SMILES string of the molecule is CC(=O)NC1=NN(C(C)=O)[C@]2(S1)C(=O)N(CCOc1cccc(C)c1)c1c(C)cccc12. The fourth-order valence-electron chi connectivity index (χ4n) is 4.02. The molecule has 0 bridgehead atoms. The van der Waals surface area contributed by atoms with Crippen molar-refractivity contribution in [2.45, 2.75) is 32.6 Å². The summed E-state index contributed by atoms with van der Waals surface area (Å²) in [6, 6.07) is 13.3. The molecule has 32 heavy (non-hydrogen) atoms. The Balaban J connectivity index is 1.67. The first-order valence-corrected chi connectivity index (χ1v) is 11.0. The minimum atomic E-state index is -1.39. The molecule has 0 unspecified atom stereocenters. The van der Waals surface area contributed by atoms with Gasteiger partial charge in [0, 0.05) is 19.4 Å². The Hall–Kier alpha value is -3.33. The van der Waals surface area contributed by atoms with E-state index in [2.05, 4.69) is 10.4 Å². The van der Waals surface area contributed by atoms with Crippen LogP contribution in [0.4, 0.5) is 5.69 Å². The summed E-state index contributed by atoms with van der Waals surface area (Å²) in [6.45, 7) is 7.20. The number of carbonyl (C=O) groups excluding carboxylic acids is 3. The number of nitrogens with one attached hydrogen (secondary N) is 1. The van der Waals surface area contributed by atoms with Crippen molar-refractivity contribution in [2.75, 3.05) is 18.1 Å². The first-order chi connectivity index (χ1) is 15.2. The van der Waals surface area contributed by atoms with E-state index < -0.39 is 10.8 Å². The third kappa shape index (κ3) is 3.62. The Morgan fingerprint density at radius 2 is 1.91 bits per heavy atom. The maximum Gasteiger partial charge on any atom is 0.270 e. The van der Waals surface area contributed by atoms with Crippen LogP contribution in [0.1, 0.15) is 30.5 Å². The fraction of sp³-hybridized carbons (Fsp3) is 0.304. The van der Waals surface area contributed by atoms with Crippen LogP contribution in [0.25, 0.3) is 0 Å². The van der Waals surface area contributed by atoms with Gasteiger partial charge in [-0.2, -0.15) is 5.01 Å². The number of fused-ring (bicyclic) bond motifs is 2. The van der Waals surface area contributed by atoms with E-state index in [1.54, 1.807) is 4.90 Å². The van der Waals surface area contributed by atoms with E-state index in [0.29, 0.717) is 12.1 Å². The standard InChI is InChI=1S/C23H24N4O4S/c1-14-7-5-9-18(13-14)31-12-11-26-20-15(2)8-6-10-19(20)23(21(26)30)27(17(4)29)25-22(32-23)24-16(3)28/h5-10,13H,11-12H2,1-4H3,(H,24,25,28)/t23-/m1/s1. The highest BCUT2D eigenvalue weighted by molar-refractivity contribution is 8.15. The van der Waals surface area contributed by atoms with E-state index in [1.807, 2.05) is 56.3 Å². The van der Waals surface area contributed by atoms with E-state index in [4.69, 9.17) is 4.74 Å². The third-order valence-electron chi connectivity index (χ3n) is 5.30. The van der Waals surface area contributed by atoms with Gasteiger partial charge in [0.1, 0.15) is 12.4 Å². The van der Waals surface area contributed by atoms with Crippen LogP contribution in [-0.2, 0) is 19.3 Å². The van der Waals surface area contributed by atoms with E-state index >= 15 is 0 Å². The van der Waals surface area contributed by atoms with Crippen LogP contribution in [0, 0.1) is 13.8 Å². The number of benzene rings is 2. The number of aryl methyl sites for hydroxylation is 2. The molecule has 2 aromatic rings. The molecule has 1 spiro atoms. The number of rotatable bonds is 4. The van der Waals surface area contributed by atoms with Crippen molar-refractivity contribution in [3.63, 3.8) is 0 Å². The zero-order valence-corrected chi connectivity index (χ0v) is 19.2. The lowest BCUT2D eigenvalue weighted by atomic mass is 10.0. The molecular formula is C23H24N4O4S. The molecule has 0 radical (unpaired) electrons. The fourth-order valence-corrected chi connectivity index (χ4v) is 5.35. The summed E-state index contributed by atoms with van der Waals surface area (Å²) in [6.07, 6.45) is 0. The summed E-state index contributed by atoms with van der Waals surface area (Å²) >= 11 is 1.07. The van der Waals surface area contributed by atoms with Gasteiger partial charge in [-0.25, -0.2) is 0 Å². The second kappa shape index (κ2) is 8.31. The molecule has 2 aliphatic heterocycles. The molecule has 166 valence electrons. The van der Waals surface area contributed by atoms with Crippen LogP contribution < -0.4 is 15.0 Å². The van der Waals surface area contributed by atoms with Crippen LogP contribution in [0.5, 0.6) is 5.75 Å². The van der Waals surface area contributed by atoms with Crippen LogP contribution in [0.3, 0.4) is 0 Å². The number of anilines is 1. The van der Waals surface area contributed by atoms with Gasteiger partial charge >= 0.3 is 0 Å². The lowest BCUT2D eigenvalue weighted by molar-refractivity contribution is -0.139. The van der Waals surface area contributed by atoms with Gasteiger partial charge in [-0.15, -0.1) is 5.10 Å². The van der Waals surface area contributed by atoms with Gasteiger partial charge in [-0.05, 0) is 48.9 Å². The quantitative estimate of drug-likeness (QED) is 0.770. The third-order valence-corrected chi connectivity index (χ3v) is 6.54. The van der Waals surface area contributed by atoms with Crippen LogP contribution >= 0.6 is 11.8 Å². The van der Waals surface area contributed by atoms with Gasteiger partial charge < -0.3 is 15.0 Å².